The maximum atomic E-state index is 11.4. The summed E-state index contributed by atoms with van der Waals surface area (Å²) in [5.41, 5.74) is 0.841. The first-order valence-electron chi connectivity index (χ1n) is 5.91. The summed E-state index contributed by atoms with van der Waals surface area (Å²) < 4.78 is 9.75. The van der Waals surface area contributed by atoms with E-state index >= 15 is 0 Å². The summed E-state index contributed by atoms with van der Waals surface area (Å²) in [6, 6.07) is 1.79. The van der Waals surface area contributed by atoms with Crippen molar-refractivity contribution in [2.75, 3.05) is 13.7 Å². The van der Waals surface area contributed by atoms with E-state index in [4.69, 9.17) is 4.42 Å². The van der Waals surface area contributed by atoms with Gasteiger partial charge in [-0.2, -0.15) is 0 Å². The fourth-order valence-corrected chi connectivity index (χ4v) is 1.42. The summed E-state index contributed by atoms with van der Waals surface area (Å²) >= 11 is 0. The van der Waals surface area contributed by atoms with Crippen LogP contribution in [0.15, 0.2) is 16.7 Å². The predicted octanol–water partition coefficient (Wildman–Crippen LogP) is 2.45. The minimum atomic E-state index is -0.427. The summed E-state index contributed by atoms with van der Waals surface area (Å²) in [5, 5.41) is 3.32. The molecule has 1 aromatic rings. The number of ether oxygens (including phenoxy) is 1. The van der Waals surface area contributed by atoms with Crippen molar-refractivity contribution in [1.82, 2.24) is 5.32 Å². The van der Waals surface area contributed by atoms with E-state index in [9.17, 15) is 4.79 Å². The van der Waals surface area contributed by atoms with Crippen molar-refractivity contribution in [3.8, 4) is 0 Å². The van der Waals surface area contributed by atoms with Crippen molar-refractivity contribution in [3.63, 3.8) is 0 Å². The number of carbonyl (C=O) groups is 1. The molecular weight excluding hydrogens is 218 g/mol. The van der Waals surface area contributed by atoms with Gasteiger partial charge in [0.05, 0.1) is 13.4 Å². The van der Waals surface area contributed by atoms with Gasteiger partial charge in [0.1, 0.15) is 0 Å². The highest BCUT2D eigenvalue weighted by Crippen LogP contribution is 2.12. The zero-order chi connectivity index (χ0) is 12.8. The highest BCUT2D eigenvalue weighted by molar-refractivity contribution is 5.87. The van der Waals surface area contributed by atoms with Crippen LogP contribution >= 0.6 is 0 Å². The zero-order valence-electron chi connectivity index (χ0n) is 10.9. The summed E-state index contributed by atoms with van der Waals surface area (Å²) in [5.74, 6) is 1.11. The van der Waals surface area contributed by atoms with Gasteiger partial charge >= 0.3 is 5.97 Å². The molecule has 1 aromatic heterocycles. The van der Waals surface area contributed by atoms with Gasteiger partial charge in [0.25, 0.3) is 0 Å². The molecule has 0 saturated heterocycles. The average Bonchev–Trinajstić information content (AvgIpc) is 2.76. The molecule has 0 saturated carbocycles. The van der Waals surface area contributed by atoms with Gasteiger partial charge in [-0.3, -0.25) is 0 Å². The van der Waals surface area contributed by atoms with E-state index < -0.39 is 5.97 Å². The molecule has 1 heterocycles. The lowest BCUT2D eigenvalue weighted by Crippen LogP contribution is -2.24. The molecule has 1 atom stereocenters. The maximum Gasteiger partial charge on any atom is 0.374 e. The Morgan fingerprint density at radius 3 is 2.76 bits per heavy atom. The van der Waals surface area contributed by atoms with Crippen LogP contribution in [0.2, 0.25) is 0 Å². The molecule has 0 aliphatic heterocycles. The topological polar surface area (TPSA) is 51.5 Å². The van der Waals surface area contributed by atoms with Crippen LogP contribution in [0.3, 0.4) is 0 Å². The molecule has 1 unspecified atom stereocenters. The van der Waals surface area contributed by atoms with Gasteiger partial charge in [-0.25, -0.2) is 4.79 Å². The Balaban J connectivity index is 2.47. The molecule has 17 heavy (non-hydrogen) atoms. The summed E-state index contributed by atoms with van der Waals surface area (Å²) in [4.78, 5) is 11.4. The van der Waals surface area contributed by atoms with Crippen molar-refractivity contribution < 1.29 is 13.9 Å². The lowest BCUT2D eigenvalue weighted by atomic mass is 9.98. The Labute approximate surface area is 102 Å². The van der Waals surface area contributed by atoms with E-state index in [1.165, 1.54) is 13.4 Å². The standard InChI is InChI=1S/C13H21NO3/c1-9(2)10(3)7-14-8-11-5-6-17-12(11)13(15)16-4/h5-6,9-10,14H,7-8H2,1-4H3. The van der Waals surface area contributed by atoms with Crippen LogP contribution in [-0.2, 0) is 11.3 Å². The lowest BCUT2D eigenvalue weighted by molar-refractivity contribution is 0.0563. The molecule has 0 amide bonds. The van der Waals surface area contributed by atoms with Crippen LogP contribution in [0, 0.1) is 11.8 Å². The van der Waals surface area contributed by atoms with Gasteiger partial charge in [-0.1, -0.05) is 20.8 Å². The van der Waals surface area contributed by atoms with E-state index in [2.05, 4.69) is 30.8 Å². The fourth-order valence-electron chi connectivity index (χ4n) is 1.42. The molecule has 4 heteroatoms. The monoisotopic (exact) mass is 239 g/mol. The average molecular weight is 239 g/mol. The van der Waals surface area contributed by atoms with Gasteiger partial charge in [0.2, 0.25) is 5.76 Å². The smallest absolute Gasteiger partial charge is 0.374 e. The number of carbonyl (C=O) groups excluding carboxylic acids is 1. The van der Waals surface area contributed by atoms with E-state index in [0.717, 1.165) is 12.1 Å². The van der Waals surface area contributed by atoms with Gasteiger partial charge in [0, 0.05) is 12.1 Å². The summed E-state index contributed by atoms with van der Waals surface area (Å²) in [7, 11) is 1.35. The van der Waals surface area contributed by atoms with Crippen LogP contribution in [-0.4, -0.2) is 19.6 Å². The second-order valence-electron chi connectivity index (χ2n) is 4.62. The van der Waals surface area contributed by atoms with Crippen LogP contribution in [0.5, 0.6) is 0 Å². The third kappa shape index (κ3) is 3.89. The number of hydrogen-bond acceptors (Lipinski definition) is 4. The summed E-state index contributed by atoms with van der Waals surface area (Å²) in [6.45, 7) is 8.14. The highest BCUT2D eigenvalue weighted by atomic mass is 16.5. The van der Waals surface area contributed by atoms with E-state index in [1.54, 1.807) is 6.07 Å². The Morgan fingerprint density at radius 2 is 2.18 bits per heavy atom. The Morgan fingerprint density at radius 1 is 1.47 bits per heavy atom. The molecule has 1 N–H and O–H groups in total. The van der Waals surface area contributed by atoms with E-state index in [1.807, 2.05) is 0 Å². The van der Waals surface area contributed by atoms with E-state index in [-0.39, 0.29) is 5.76 Å². The number of rotatable bonds is 6. The van der Waals surface area contributed by atoms with Gasteiger partial charge in [-0.15, -0.1) is 0 Å². The molecule has 1 rings (SSSR count). The molecule has 4 nitrogen and oxygen atoms in total. The first-order valence-corrected chi connectivity index (χ1v) is 5.91. The van der Waals surface area contributed by atoms with E-state index in [0.29, 0.717) is 18.4 Å². The Bertz CT molecular complexity index is 357. The zero-order valence-corrected chi connectivity index (χ0v) is 10.9. The molecule has 0 aliphatic rings. The number of methoxy groups -OCH3 is 1. The second-order valence-corrected chi connectivity index (χ2v) is 4.62. The molecule has 96 valence electrons. The fraction of sp³-hybridized carbons (Fsp3) is 0.615. The van der Waals surface area contributed by atoms with Gasteiger partial charge in [0.15, 0.2) is 0 Å². The van der Waals surface area contributed by atoms with Crippen molar-refractivity contribution >= 4 is 5.97 Å². The molecule has 0 aliphatic carbocycles. The molecular formula is C13H21NO3. The largest absolute Gasteiger partial charge is 0.463 e. The molecule has 0 spiro atoms. The van der Waals surface area contributed by atoms with Crippen LogP contribution in [0.25, 0.3) is 0 Å². The molecule has 0 fully saturated rings. The van der Waals surface area contributed by atoms with Crippen LogP contribution < -0.4 is 5.32 Å². The van der Waals surface area contributed by atoms with Gasteiger partial charge < -0.3 is 14.5 Å². The minimum absolute atomic E-state index is 0.289. The van der Waals surface area contributed by atoms with Crippen molar-refractivity contribution in [2.24, 2.45) is 11.8 Å². The predicted molar refractivity (Wildman–Crippen MR) is 65.8 cm³/mol. The lowest BCUT2D eigenvalue weighted by Gasteiger charge is -2.15. The minimum Gasteiger partial charge on any atom is -0.463 e. The molecule has 0 radical (unpaired) electrons. The number of nitrogens with one attached hydrogen (secondary N) is 1. The normalized spacial score (nSPS) is 12.8. The van der Waals surface area contributed by atoms with Crippen LogP contribution in [0.1, 0.15) is 36.9 Å². The van der Waals surface area contributed by atoms with Gasteiger partial charge in [-0.05, 0) is 24.4 Å². The van der Waals surface area contributed by atoms with Crippen molar-refractivity contribution in [1.29, 1.82) is 0 Å². The number of furan rings is 1. The number of hydrogen-bond donors (Lipinski definition) is 1. The summed E-state index contributed by atoms with van der Waals surface area (Å²) in [6.07, 6.45) is 1.51. The van der Waals surface area contributed by atoms with Crippen molar-refractivity contribution in [3.05, 3.63) is 23.7 Å². The SMILES string of the molecule is COC(=O)c1occc1CNCC(C)C(C)C. The highest BCUT2D eigenvalue weighted by Gasteiger charge is 2.15. The molecule has 0 aromatic carbocycles. The van der Waals surface area contributed by atoms with Crippen LogP contribution in [0.4, 0.5) is 0 Å². The molecule has 0 bridgehead atoms. The second kappa shape index (κ2) is 6.45. The number of esters is 1. The third-order valence-electron chi connectivity index (χ3n) is 3.04. The quantitative estimate of drug-likeness (QED) is 0.775. The third-order valence-corrected chi connectivity index (χ3v) is 3.04. The Kier molecular flexibility index (Phi) is 5.22. The Hall–Kier alpha value is -1.29. The first-order chi connectivity index (χ1) is 8.06. The first kappa shape index (κ1) is 13.8. The maximum absolute atomic E-state index is 11.4. The van der Waals surface area contributed by atoms with Crippen molar-refractivity contribution in [2.45, 2.75) is 27.3 Å².